The normalized spacial score (nSPS) is 19.3. The fraction of sp³-hybridized carbons (Fsp3) is 0.211. The Balaban J connectivity index is 1.72. The molecule has 0 radical (unpaired) electrons. The summed E-state index contributed by atoms with van der Waals surface area (Å²) in [6.07, 6.45) is 1.38. The molecule has 6 nitrogen and oxygen atoms in total. The topological polar surface area (TPSA) is 92.9 Å². The third-order valence-electron chi connectivity index (χ3n) is 4.84. The van der Waals surface area contributed by atoms with Crippen LogP contribution < -0.4 is 16.4 Å². The summed E-state index contributed by atoms with van der Waals surface area (Å²) < 4.78 is 14.4. The van der Waals surface area contributed by atoms with E-state index in [1.54, 1.807) is 24.3 Å². The van der Waals surface area contributed by atoms with Gasteiger partial charge in [-0.05, 0) is 24.3 Å². The standard InChI is InChI=1S/C19H17ClFN5O/c20-13-5-2-6-14(21)16(13)12-7-23-8-15(12)26-19-11-4-1-3-10(18(22)27)17(11)24-9-25-19/h1-6,9,12,15,23H,7-8H2,(H2,22,27)(H,24,25,26)/t12-,15?/m0/s1. The number of halogens is 2. The minimum Gasteiger partial charge on any atom is -0.366 e. The van der Waals surface area contributed by atoms with Crippen LogP contribution >= 0.6 is 11.6 Å². The summed E-state index contributed by atoms with van der Waals surface area (Å²) >= 11 is 6.26. The molecule has 4 N–H and O–H groups in total. The summed E-state index contributed by atoms with van der Waals surface area (Å²) in [6.45, 7) is 1.21. The van der Waals surface area contributed by atoms with E-state index >= 15 is 0 Å². The Morgan fingerprint density at radius 3 is 2.81 bits per heavy atom. The predicted molar refractivity (Wildman–Crippen MR) is 102 cm³/mol. The molecule has 0 spiro atoms. The molecular weight excluding hydrogens is 369 g/mol. The van der Waals surface area contributed by atoms with Gasteiger partial charge in [-0.15, -0.1) is 0 Å². The van der Waals surface area contributed by atoms with Gasteiger partial charge in [0.2, 0.25) is 0 Å². The highest BCUT2D eigenvalue weighted by molar-refractivity contribution is 6.31. The fourth-order valence-electron chi connectivity index (χ4n) is 3.58. The van der Waals surface area contributed by atoms with Crippen molar-refractivity contribution in [1.82, 2.24) is 15.3 Å². The van der Waals surface area contributed by atoms with Gasteiger partial charge in [-0.3, -0.25) is 4.79 Å². The molecule has 138 valence electrons. The molecule has 4 rings (SSSR count). The molecule has 2 aromatic carbocycles. The lowest BCUT2D eigenvalue weighted by atomic mass is 9.93. The number of amides is 1. The third-order valence-corrected chi connectivity index (χ3v) is 5.17. The lowest BCUT2D eigenvalue weighted by molar-refractivity contribution is 0.100. The monoisotopic (exact) mass is 385 g/mol. The second kappa shape index (κ2) is 7.09. The van der Waals surface area contributed by atoms with Crippen molar-refractivity contribution in [2.24, 2.45) is 5.73 Å². The Morgan fingerprint density at radius 2 is 2.04 bits per heavy atom. The van der Waals surface area contributed by atoms with Crippen LogP contribution in [0.25, 0.3) is 10.9 Å². The van der Waals surface area contributed by atoms with Gasteiger partial charge in [-0.25, -0.2) is 14.4 Å². The molecule has 1 aromatic heterocycles. The molecule has 2 heterocycles. The molecule has 8 heteroatoms. The van der Waals surface area contributed by atoms with E-state index in [0.29, 0.717) is 46.0 Å². The van der Waals surface area contributed by atoms with Crippen LogP contribution in [0, 0.1) is 5.82 Å². The van der Waals surface area contributed by atoms with Crippen LogP contribution in [0.1, 0.15) is 21.8 Å². The minimum atomic E-state index is -0.552. The van der Waals surface area contributed by atoms with Gasteiger partial charge in [0.05, 0.1) is 11.1 Å². The summed E-state index contributed by atoms with van der Waals surface area (Å²) in [5.41, 5.74) is 6.73. The summed E-state index contributed by atoms with van der Waals surface area (Å²) in [7, 11) is 0. The Kier molecular flexibility index (Phi) is 4.63. The van der Waals surface area contributed by atoms with Crippen molar-refractivity contribution in [3.8, 4) is 0 Å². The van der Waals surface area contributed by atoms with Crippen LogP contribution in [-0.4, -0.2) is 35.0 Å². The molecule has 1 unspecified atom stereocenters. The highest BCUT2D eigenvalue weighted by Crippen LogP contribution is 2.33. The van der Waals surface area contributed by atoms with Crippen molar-refractivity contribution < 1.29 is 9.18 Å². The second-order valence-electron chi connectivity index (χ2n) is 6.44. The van der Waals surface area contributed by atoms with Crippen LogP contribution in [0.15, 0.2) is 42.7 Å². The zero-order valence-electron chi connectivity index (χ0n) is 14.2. The van der Waals surface area contributed by atoms with E-state index in [4.69, 9.17) is 17.3 Å². The van der Waals surface area contributed by atoms with Crippen molar-refractivity contribution >= 4 is 34.2 Å². The van der Waals surface area contributed by atoms with Crippen molar-refractivity contribution in [3.05, 3.63) is 64.7 Å². The number of nitrogens with zero attached hydrogens (tertiary/aromatic N) is 2. The molecule has 0 bridgehead atoms. The molecule has 0 saturated carbocycles. The van der Waals surface area contributed by atoms with E-state index < -0.39 is 5.91 Å². The predicted octanol–water partition coefficient (Wildman–Crippen LogP) is 2.69. The zero-order chi connectivity index (χ0) is 19.0. The van der Waals surface area contributed by atoms with Crippen molar-refractivity contribution in [3.63, 3.8) is 0 Å². The van der Waals surface area contributed by atoms with Crippen molar-refractivity contribution in [2.45, 2.75) is 12.0 Å². The van der Waals surface area contributed by atoms with Crippen LogP contribution in [0.3, 0.4) is 0 Å². The Morgan fingerprint density at radius 1 is 1.22 bits per heavy atom. The molecule has 1 amide bonds. The summed E-state index contributed by atoms with van der Waals surface area (Å²) in [6, 6.07) is 9.74. The first kappa shape index (κ1) is 17.6. The van der Waals surface area contributed by atoms with Crippen LogP contribution in [0.4, 0.5) is 10.2 Å². The van der Waals surface area contributed by atoms with Crippen molar-refractivity contribution in [2.75, 3.05) is 18.4 Å². The lowest BCUT2D eigenvalue weighted by Crippen LogP contribution is -2.28. The number of anilines is 1. The van der Waals surface area contributed by atoms with Gasteiger partial charge in [-0.1, -0.05) is 23.7 Å². The molecular formula is C19H17ClFN5O. The largest absolute Gasteiger partial charge is 0.366 e. The molecule has 1 aliphatic rings. The average Bonchev–Trinajstić information content (AvgIpc) is 3.09. The number of primary amides is 1. The van der Waals surface area contributed by atoms with E-state index in [9.17, 15) is 9.18 Å². The summed E-state index contributed by atoms with van der Waals surface area (Å²) in [4.78, 5) is 20.2. The Hall–Kier alpha value is -2.77. The second-order valence-corrected chi connectivity index (χ2v) is 6.85. The molecule has 1 saturated heterocycles. The highest BCUT2D eigenvalue weighted by Gasteiger charge is 2.32. The Bertz CT molecular complexity index is 1010. The van der Waals surface area contributed by atoms with Crippen LogP contribution in [-0.2, 0) is 0 Å². The number of benzene rings is 2. The van der Waals surface area contributed by atoms with Crippen LogP contribution in [0.2, 0.25) is 5.02 Å². The number of nitrogens with two attached hydrogens (primary N) is 1. The first-order chi connectivity index (χ1) is 13.1. The maximum atomic E-state index is 14.4. The van der Waals surface area contributed by atoms with E-state index in [2.05, 4.69) is 20.6 Å². The maximum absolute atomic E-state index is 14.4. The van der Waals surface area contributed by atoms with E-state index in [1.807, 2.05) is 6.07 Å². The number of para-hydroxylation sites is 1. The number of rotatable bonds is 4. The van der Waals surface area contributed by atoms with Gasteiger partial charge in [0, 0.05) is 41.0 Å². The van der Waals surface area contributed by atoms with E-state index in [1.165, 1.54) is 12.4 Å². The molecule has 3 aromatic rings. The molecule has 1 aliphatic heterocycles. The average molecular weight is 386 g/mol. The number of hydrogen-bond acceptors (Lipinski definition) is 5. The van der Waals surface area contributed by atoms with Crippen LogP contribution in [0.5, 0.6) is 0 Å². The lowest BCUT2D eigenvalue weighted by Gasteiger charge is -2.23. The number of aromatic nitrogens is 2. The molecule has 27 heavy (non-hydrogen) atoms. The molecule has 0 aliphatic carbocycles. The SMILES string of the molecule is NC(=O)c1cccc2c(NC3CNC[C@@H]3c3c(F)cccc3Cl)ncnc12. The van der Waals surface area contributed by atoms with Gasteiger partial charge < -0.3 is 16.4 Å². The maximum Gasteiger partial charge on any atom is 0.250 e. The molecule has 2 atom stereocenters. The quantitative estimate of drug-likeness (QED) is 0.642. The smallest absolute Gasteiger partial charge is 0.250 e. The van der Waals surface area contributed by atoms with Gasteiger partial charge in [0.1, 0.15) is 18.0 Å². The number of carbonyl (C=O) groups is 1. The number of nitrogens with one attached hydrogen (secondary N) is 2. The summed E-state index contributed by atoms with van der Waals surface area (Å²) in [5.74, 6) is -0.479. The van der Waals surface area contributed by atoms with Gasteiger partial charge in [0.15, 0.2) is 0 Å². The van der Waals surface area contributed by atoms with Gasteiger partial charge in [0.25, 0.3) is 5.91 Å². The highest BCUT2D eigenvalue weighted by atomic mass is 35.5. The van der Waals surface area contributed by atoms with Gasteiger partial charge >= 0.3 is 0 Å². The number of fused-ring (bicyclic) bond motifs is 1. The van der Waals surface area contributed by atoms with E-state index in [0.717, 1.165) is 0 Å². The number of carbonyl (C=O) groups excluding carboxylic acids is 1. The minimum absolute atomic E-state index is 0.130. The third kappa shape index (κ3) is 3.20. The fourth-order valence-corrected chi connectivity index (χ4v) is 3.88. The number of hydrogen-bond donors (Lipinski definition) is 3. The summed E-state index contributed by atoms with van der Waals surface area (Å²) in [5, 5.41) is 7.71. The van der Waals surface area contributed by atoms with Gasteiger partial charge in [-0.2, -0.15) is 0 Å². The van der Waals surface area contributed by atoms with Crippen molar-refractivity contribution in [1.29, 1.82) is 0 Å². The first-order valence-electron chi connectivity index (χ1n) is 8.51. The zero-order valence-corrected chi connectivity index (χ0v) is 15.0. The first-order valence-corrected chi connectivity index (χ1v) is 8.88. The van der Waals surface area contributed by atoms with E-state index in [-0.39, 0.29) is 17.8 Å². The Labute approximate surface area is 159 Å². The molecule has 1 fully saturated rings.